The van der Waals surface area contributed by atoms with Gasteiger partial charge in [0.05, 0.1) is 14.2 Å². The number of hydrogen-bond donors (Lipinski definition) is 0. The van der Waals surface area contributed by atoms with Gasteiger partial charge in [-0.3, -0.25) is 0 Å². The van der Waals surface area contributed by atoms with Gasteiger partial charge in [-0.25, -0.2) is 9.59 Å². The predicted molar refractivity (Wildman–Crippen MR) is 101 cm³/mol. The van der Waals surface area contributed by atoms with Gasteiger partial charge in [0, 0.05) is 17.7 Å². The Bertz CT molecular complexity index is 1010. The molecule has 2 aromatic carbocycles. The average molecular weight is 379 g/mol. The molecule has 0 amide bonds. The van der Waals surface area contributed by atoms with Crippen LogP contribution in [0.15, 0.2) is 65.2 Å². The molecular formula is C21H17NO6. The first-order valence-corrected chi connectivity index (χ1v) is 8.29. The summed E-state index contributed by atoms with van der Waals surface area (Å²) in [5.74, 6) is -0.154. The number of benzene rings is 2. The Labute approximate surface area is 161 Å². The Kier molecular flexibility index (Phi) is 5.86. The molecule has 0 saturated heterocycles. The lowest BCUT2D eigenvalue weighted by molar-refractivity contribution is -0.134. The van der Waals surface area contributed by atoms with Crippen LogP contribution in [0.25, 0.3) is 17.4 Å². The minimum Gasteiger partial charge on any atom is -0.493 e. The maximum absolute atomic E-state index is 12.4. The molecule has 0 bridgehead atoms. The van der Waals surface area contributed by atoms with Crippen LogP contribution in [0.1, 0.15) is 16.1 Å². The van der Waals surface area contributed by atoms with E-state index in [0.29, 0.717) is 17.1 Å². The Morgan fingerprint density at radius 3 is 2.50 bits per heavy atom. The molecule has 1 heterocycles. The van der Waals surface area contributed by atoms with Crippen LogP contribution in [0.3, 0.4) is 0 Å². The molecule has 0 spiro atoms. The molecule has 0 unspecified atom stereocenters. The number of aromatic nitrogens is 1. The van der Waals surface area contributed by atoms with Crippen LogP contribution < -0.4 is 9.47 Å². The van der Waals surface area contributed by atoms with Crippen molar-refractivity contribution in [3.8, 4) is 22.8 Å². The molecule has 0 atom stereocenters. The standard InChI is InChI=1S/C21H17NO6/c1-25-19-12-14(9-11-20(23)26-2)8-10-17(19)27-21(24)16-13-18(28-22-16)15-6-4-3-5-7-15/h3-13H,1-2H3/b11-9+. The smallest absolute Gasteiger partial charge is 0.366 e. The van der Waals surface area contributed by atoms with E-state index in [1.165, 1.54) is 26.4 Å². The first kappa shape index (κ1) is 18.9. The topological polar surface area (TPSA) is 87.9 Å². The SMILES string of the molecule is COC(=O)/C=C/c1ccc(OC(=O)c2cc(-c3ccccc3)on2)c(OC)c1. The van der Waals surface area contributed by atoms with Crippen LogP contribution in [0.5, 0.6) is 11.5 Å². The summed E-state index contributed by atoms with van der Waals surface area (Å²) in [4.78, 5) is 23.6. The van der Waals surface area contributed by atoms with Gasteiger partial charge >= 0.3 is 11.9 Å². The van der Waals surface area contributed by atoms with Crippen molar-refractivity contribution < 1.29 is 28.3 Å². The molecule has 0 aliphatic heterocycles. The third-order valence-corrected chi connectivity index (χ3v) is 3.78. The van der Waals surface area contributed by atoms with Crippen LogP contribution in [0, 0.1) is 0 Å². The third-order valence-electron chi connectivity index (χ3n) is 3.78. The summed E-state index contributed by atoms with van der Waals surface area (Å²) in [6.07, 6.45) is 2.84. The number of rotatable bonds is 6. The second-order valence-corrected chi connectivity index (χ2v) is 5.60. The van der Waals surface area contributed by atoms with Gasteiger partial charge in [0.25, 0.3) is 0 Å². The van der Waals surface area contributed by atoms with E-state index < -0.39 is 11.9 Å². The van der Waals surface area contributed by atoms with Gasteiger partial charge in [0.15, 0.2) is 23.0 Å². The largest absolute Gasteiger partial charge is 0.493 e. The van der Waals surface area contributed by atoms with Crippen molar-refractivity contribution in [3.05, 3.63) is 71.9 Å². The fourth-order valence-corrected chi connectivity index (χ4v) is 2.37. The van der Waals surface area contributed by atoms with E-state index in [-0.39, 0.29) is 11.4 Å². The van der Waals surface area contributed by atoms with E-state index in [1.54, 1.807) is 24.3 Å². The van der Waals surface area contributed by atoms with E-state index in [1.807, 2.05) is 30.3 Å². The van der Waals surface area contributed by atoms with Gasteiger partial charge in [-0.2, -0.15) is 0 Å². The summed E-state index contributed by atoms with van der Waals surface area (Å²) in [6, 6.07) is 15.7. The number of carbonyl (C=O) groups is 2. The second-order valence-electron chi connectivity index (χ2n) is 5.60. The van der Waals surface area contributed by atoms with E-state index in [2.05, 4.69) is 9.89 Å². The first-order chi connectivity index (χ1) is 13.6. The fourth-order valence-electron chi connectivity index (χ4n) is 2.37. The number of nitrogens with zero attached hydrogens (tertiary/aromatic N) is 1. The lowest BCUT2D eigenvalue weighted by Gasteiger charge is -2.08. The molecule has 1 aromatic heterocycles. The van der Waals surface area contributed by atoms with Crippen LogP contribution in [-0.4, -0.2) is 31.3 Å². The number of carbonyl (C=O) groups excluding carboxylic acids is 2. The van der Waals surface area contributed by atoms with E-state index in [9.17, 15) is 9.59 Å². The second kappa shape index (κ2) is 8.68. The summed E-state index contributed by atoms with van der Waals surface area (Å²) in [7, 11) is 2.74. The zero-order valence-electron chi connectivity index (χ0n) is 15.2. The van der Waals surface area contributed by atoms with Crippen molar-refractivity contribution in [2.45, 2.75) is 0 Å². The number of esters is 2. The minimum absolute atomic E-state index is 0.0376. The molecule has 3 aromatic rings. The van der Waals surface area contributed by atoms with Gasteiger partial charge in [0.1, 0.15) is 0 Å². The summed E-state index contributed by atoms with van der Waals surface area (Å²) < 4.78 is 20.4. The van der Waals surface area contributed by atoms with Crippen LogP contribution in [-0.2, 0) is 9.53 Å². The molecular weight excluding hydrogens is 362 g/mol. The Balaban J connectivity index is 1.76. The average Bonchev–Trinajstić information content (AvgIpc) is 3.23. The molecule has 0 aliphatic carbocycles. The van der Waals surface area contributed by atoms with Crippen LogP contribution >= 0.6 is 0 Å². The number of ether oxygens (including phenoxy) is 3. The van der Waals surface area contributed by atoms with Gasteiger partial charge in [0.2, 0.25) is 0 Å². The van der Waals surface area contributed by atoms with Crippen LogP contribution in [0.2, 0.25) is 0 Å². The van der Waals surface area contributed by atoms with Gasteiger partial charge in [-0.1, -0.05) is 41.6 Å². The number of methoxy groups -OCH3 is 2. The molecule has 0 fully saturated rings. The summed E-state index contributed by atoms with van der Waals surface area (Å²) in [5.41, 5.74) is 1.51. The molecule has 3 rings (SSSR count). The van der Waals surface area contributed by atoms with Crippen molar-refractivity contribution in [2.75, 3.05) is 14.2 Å². The van der Waals surface area contributed by atoms with E-state index in [0.717, 1.165) is 5.56 Å². The zero-order valence-corrected chi connectivity index (χ0v) is 15.2. The number of hydrogen-bond acceptors (Lipinski definition) is 7. The predicted octanol–water partition coefficient (Wildman–Crippen LogP) is 3.76. The minimum atomic E-state index is -0.679. The molecule has 142 valence electrons. The molecule has 0 N–H and O–H groups in total. The van der Waals surface area contributed by atoms with Gasteiger partial charge in [-0.05, 0) is 23.8 Å². The molecule has 7 heteroatoms. The van der Waals surface area contributed by atoms with E-state index >= 15 is 0 Å². The highest BCUT2D eigenvalue weighted by molar-refractivity contribution is 5.90. The monoisotopic (exact) mass is 379 g/mol. The fraction of sp³-hybridized carbons (Fsp3) is 0.0952. The van der Waals surface area contributed by atoms with Crippen molar-refractivity contribution in [1.29, 1.82) is 0 Å². The van der Waals surface area contributed by atoms with Crippen molar-refractivity contribution in [1.82, 2.24) is 5.16 Å². The first-order valence-electron chi connectivity index (χ1n) is 8.29. The quantitative estimate of drug-likeness (QED) is 0.366. The van der Waals surface area contributed by atoms with Crippen LogP contribution in [0.4, 0.5) is 0 Å². The van der Waals surface area contributed by atoms with Crippen molar-refractivity contribution in [3.63, 3.8) is 0 Å². The third kappa shape index (κ3) is 4.45. The molecule has 28 heavy (non-hydrogen) atoms. The Morgan fingerprint density at radius 2 is 1.79 bits per heavy atom. The molecule has 0 radical (unpaired) electrons. The van der Waals surface area contributed by atoms with Crippen molar-refractivity contribution >= 4 is 18.0 Å². The summed E-state index contributed by atoms with van der Waals surface area (Å²) >= 11 is 0. The molecule has 7 nitrogen and oxygen atoms in total. The van der Waals surface area contributed by atoms with E-state index in [4.69, 9.17) is 14.0 Å². The lowest BCUT2D eigenvalue weighted by Crippen LogP contribution is -2.09. The zero-order chi connectivity index (χ0) is 19.9. The maximum Gasteiger partial charge on any atom is 0.366 e. The highest BCUT2D eigenvalue weighted by Crippen LogP contribution is 2.29. The Hall–Kier alpha value is -3.87. The maximum atomic E-state index is 12.4. The van der Waals surface area contributed by atoms with Gasteiger partial charge in [-0.15, -0.1) is 0 Å². The summed E-state index contributed by atoms with van der Waals surface area (Å²) in [5, 5.41) is 3.77. The highest BCUT2D eigenvalue weighted by atomic mass is 16.6. The summed E-state index contributed by atoms with van der Waals surface area (Å²) in [6.45, 7) is 0. The molecule has 0 saturated carbocycles. The normalized spacial score (nSPS) is 10.6. The molecule has 0 aliphatic rings. The van der Waals surface area contributed by atoms with Gasteiger partial charge < -0.3 is 18.7 Å². The lowest BCUT2D eigenvalue weighted by atomic mass is 10.1. The highest BCUT2D eigenvalue weighted by Gasteiger charge is 2.18. The Morgan fingerprint density at radius 1 is 1.00 bits per heavy atom. The van der Waals surface area contributed by atoms with Crippen molar-refractivity contribution in [2.24, 2.45) is 0 Å².